The molecule has 0 heterocycles. The number of amides is 1. The lowest BCUT2D eigenvalue weighted by molar-refractivity contribution is -0.144. The molecule has 0 saturated heterocycles. The summed E-state index contributed by atoms with van der Waals surface area (Å²) in [5.74, 6) is -0.0258. The van der Waals surface area contributed by atoms with Gasteiger partial charge in [-0.3, -0.25) is 9.59 Å². The van der Waals surface area contributed by atoms with E-state index in [9.17, 15) is 9.59 Å². The zero-order chi connectivity index (χ0) is 18.1. The van der Waals surface area contributed by atoms with Crippen LogP contribution < -0.4 is 10.1 Å². The topological polar surface area (TPSA) is 64.6 Å². The SMILES string of the molecule is CCOC(=O)C[C@@H](NC(=O)[C@H](C)Oc1ccccc1)c1ccccc1. The molecule has 0 bridgehead atoms. The van der Waals surface area contributed by atoms with Crippen molar-refractivity contribution in [1.82, 2.24) is 5.32 Å². The first-order chi connectivity index (χ1) is 12.1. The van der Waals surface area contributed by atoms with E-state index in [2.05, 4.69) is 5.32 Å². The van der Waals surface area contributed by atoms with Crippen molar-refractivity contribution in [2.75, 3.05) is 6.61 Å². The lowest BCUT2D eigenvalue weighted by atomic mass is 10.0. The molecule has 2 aromatic rings. The third-order valence-corrected chi connectivity index (χ3v) is 3.62. The van der Waals surface area contributed by atoms with Gasteiger partial charge in [-0.05, 0) is 31.5 Å². The molecule has 5 nitrogen and oxygen atoms in total. The van der Waals surface area contributed by atoms with E-state index >= 15 is 0 Å². The quantitative estimate of drug-likeness (QED) is 0.749. The third kappa shape index (κ3) is 5.95. The summed E-state index contributed by atoms with van der Waals surface area (Å²) in [6, 6.07) is 18.0. The van der Waals surface area contributed by atoms with Gasteiger partial charge in [0.05, 0.1) is 19.1 Å². The van der Waals surface area contributed by atoms with Crippen molar-refractivity contribution in [3.8, 4) is 5.75 Å². The van der Waals surface area contributed by atoms with Crippen LogP contribution in [0.25, 0.3) is 0 Å². The number of hydrogen-bond donors (Lipinski definition) is 1. The van der Waals surface area contributed by atoms with E-state index in [0.717, 1.165) is 5.56 Å². The molecular formula is C20H23NO4. The Hall–Kier alpha value is -2.82. The summed E-state index contributed by atoms with van der Waals surface area (Å²) in [5, 5.41) is 2.88. The van der Waals surface area contributed by atoms with Gasteiger partial charge in [0.2, 0.25) is 0 Å². The summed E-state index contributed by atoms with van der Waals surface area (Å²) in [5.41, 5.74) is 0.843. The number of rotatable bonds is 8. The number of carbonyl (C=O) groups is 2. The van der Waals surface area contributed by atoms with Crippen LogP contribution in [0.4, 0.5) is 0 Å². The highest BCUT2D eigenvalue weighted by atomic mass is 16.5. The molecule has 0 aliphatic heterocycles. The largest absolute Gasteiger partial charge is 0.481 e. The van der Waals surface area contributed by atoms with Gasteiger partial charge in [-0.15, -0.1) is 0 Å². The van der Waals surface area contributed by atoms with E-state index in [1.54, 1.807) is 26.0 Å². The molecule has 0 aliphatic rings. The van der Waals surface area contributed by atoms with Crippen LogP contribution in [0.5, 0.6) is 5.75 Å². The molecule has 0 fully saturated rings. The molecule has 0 saturated carbocycles. The second kappa shape index (κ2) is 9.47. The fourth-order valence-electron chi connectivity index (χ4n) is 2.37. The average Bonchev–Trinajstić information content (AvgIpc) is 2.63. The molecule has 5 heteroatoms. The first-order valence-electron chi connectivity index (χ1n) is 8.32. The van der Waals surface area contributed by atoms with E-state index < -0.39 is 12.1 Å². The van der Waals surface area contributed by atoms with Gasteiger partial charge in [0.1, 0.15) is 5.75 Å². The molecule has 2 rings (SSSR count). The van der Waals surface area contributed by atoms with Crippen LogP contribution in [0, 0.1) is 0 Å². The number of esters is 1. The summed E-state index contributed by atoms with van der Waals surface area (Å²) in [7, 11) is 0. The average molecular weight is 341 g/mol. The number of benzene rings is 2. The summed E-state index contributed by atoms with van der Waals surface area (Å²) < 4.78 is 10.6. The summed E-state index contributed by atoms with van der Waals surface area (Å²) in [4.78, 5) is 24.3. The molecule has 0 spiro atoms. The van der Waals surface area contributed by atoms with Crippen LogP contribution in [0.15, 0.2) is 60.7 Å². The second-order valence-corrected chi connectivity index (χ2v) is 5.55. The van der Waals surface area contributed by atoms with Crippen LogP contribution >= 0.6 is 0 Å². The van der Waals surface area contributed by atoms with E-state index in [0.29, 0.717) is 12.4 Å². The molecule has 25 heavy (non-hydrogen) atoms. The van der Waals surface area contributed by atoms with Gasteiger partial charge < -0.3 is 14.8 Å². The molecule has 2 aromatic carbocycles. The van der Waals surface area contributed by atoms with Crippen molar-refractivity contribution < 1.29 is 19.1 Å². The van der Waals surface area contributed by atoms with Crippen molar-refractivity contribution in [3.63, 3.8) is 0 Å². The number of nitrogens with one attached hydrogen (secondary N) is 1. The number of para-hydroxylation sites is 1. The third-order valence-electron chi connectivity index (χ3n) is 3.62. The first-order valence-corrected chi connectivity index (χ1v) is 8.32. The van der Waals surface area contributed by atoms with Crippen molar-refractivity contribution in [2.24, 2.45) is 0 Å². The van der Waals surface area contributed by atoms with Crippen molar-refractivity contribution in [2.45, 2.75) is 32.4 Å². The number of carbonyl (C=O) groups excluding carboxylic acids is 2. The Morgan fingerprint density at radius 1 is 1.00 bits per heavy atom. The number of ether oxygens (including phenoxy) is 2. The Morgan fingerprint density at radius 2 is 1.60 bits per heavy atom. The molecule has 0 aromatic heterocycles. The molecule has 0 aliphatic carbocycles. The zero-order valence-electron chi connectivity index (χ0n) is 14.5. The minimum Gasteiger partial charge on any atom is -0.481 e. The van der Waals surface area contributed by atoms with Crippen molar-refractivity contribution in [1.29, 1.82) is 0 Å². The Bertz CT molecular complexity index is 673. The minimum absolute atomic E-state index is 0.0711. The maximum absolute atomic E-state index is 12.5. The zero-order valence-corrected chi connectivity index (χ0v) is 14.5. The lowest BCUT2D eigenvalue weighted by Gasteiger charge is -2.21. The minimum atomic E-state index is -0.684. The summed E-state index contributed by atoms with van der Waals surface area (Å²) >= 11 is 0. The van der Waals surface area contributed by atoms with E-state index in [1.165, 1.54) is 0 Å². The molecule has 2 atom stereocenters. The Morgan fingerprint density at radius 3 is 2.20 bits per heavy atom. The Kier molecular flexibility index (Phi) is 7.01. The monoisotopic (exact) mass is 341 g/mol. The normalized spacial score (nSPS) is 12.7. The lowest BCUT2D eigenvalue weighted by Crippen LogP contribution is -2.39. The highest BCUT2D eigenvalue weighted by Gasteiger charge is 2.23. The Balaban J connectivity index is 2.04. The molecule has 1 amide bonds. The van der Waals surface area contributed by atoms with Gasteiger partial charge in [0.15, 0.2) is 6.10 Å². The molecule has 132 valence electrons. The van der Waals surface area contributed by atoms with Crippen LogP contribution in [-0.4, -0.2) is 24.6 Å². The maximum Gasteiger partial charge on any atom is 0.308 e. The standard InChI is InChI=1S/C20H23NO4/c1-3-24-19(22)14-18(16-10-6-4-7-11-16)21-20(23)15(2)25-17-12-8-5-9-13-17/h4-13,15,18H,3,14H2,1-2H3,(H,21,23)/t15-,18+/m0/s1. The smallest absolute Gasteiger partial charge is 0.308 e. The summed E-state index contributed by atoms with van der Waals surface area (Å²) in [6.07, 6.45) is -0.613. The number of hydrogen-bond acceptors (Lipinski definition) is 4. The molecule has 0 unspecified atom stereocenters. The molecule has 1 N–H and O–H groups in total. The van der Waals surface area contributed by atoms with Crippen LogP contribution in [-0.2, 0) is 14.3 Å². The van der Waals surface area contributed by atoms with Gasteiger partial charge in [0, 0.05) is 0 Å². The van der Waals surface area contributed by atoms with Crippen LogP contribution in [0.3, 0.4) is 0 Å². The van der Waals surface area contributed by atoms with E-state index in [4.69, 9.17) is 9.47 Å². The van der Waals surface area contributed by atoms with Gasteiger partial charge in [-0.2, -0.15) is 0 Å². The highest BCUT2D eigenvalue weighted by Crippen LogP contribution is 2.18. The second-order valence-electron chi connectivity index (χ2n) is 5.55. The van der Waals surface area contributed by atoms with Crippen molar-refractivity contribution in [3.05, 3.63) is 66.2 Å². The predicted molar refractivity (Wildman–Crippen MR) is 95.1 cm³/mol. The van der Waals surface area contributed by atoms with Gasteiger partial charge in [-0.1, -0.05) is 48.5 Å². The summed E-state index contributed by atoms with van der Waals surface area (Å²) in [6.45, 7) is 3.74. The van der Waals surface area contributed by atoms with Crippen LogP contribution in [0.1, 0.15) is 31.9 Å². The predicted octanol–water partition coefficient (Wildman–Crippen LogP) is 3.26. The van der Waals surface area contributed by atoms with Crippen molar-refractivity contribution >= 4 is 11.9 Å². The van der Waals surface area contributed by atoms with E-state index in [-0.39, 0.29) is 18.3 Å². The Labute approximate surface area is 148 Å². The van der Waals surface area contributed by atoms with E-state index in [1.807, 2.05) is 48.5 Å². The first kappa shape index (κ1) is 18.5. The highest BCUT2D eigenvalue weighted by molar-refractivity contribution is 5.82. The van der Waals surface area contributed by atoms with Gasteiger partial charge >= 0.3 is 5.97 Å². The fourth-order valence-corrected chi connectivity index (χ4v) is 2.37. The van der Waals surface area contributed by atoms with Gasteiger partial charge in [0.25, 0.3) is 5.91 Å². The fraction of sp³-hybridized carbons (Fsp3) is 0.300. The maximum atomic E-state index is 12.5. The molecular weight excluding hydrogens is 318 g/mol. The molecule has 0 radical (unpaired) electrons. The van der Waals surface area contributed by atoms with Gasteiger partial charge in [-0.25, -0.2) is 0 Å². The van der Waals surface area contributed by atoms with Crippen LogP contribution in [0.2, 0.25) is 0 Å².